The van der Waals surface area contributed by atoms with Gasteiger partial charge < -0.3 is 15.7 Å². The number of carbonyl (C=O) groups excluding carboxylic acids is 1. The number of nitrogens with one attached hydrogen (secondary N) is 2. The van der Waals surface area contributed by atoms with Gasteiger partial charge in [0.25, 0.3) is 0 Å². The minimum absolute atomic E-state index is 0.0457. The molecule has 104 valence electrons. The lowest BCUT2D eigenvalue weighted by molar-refractivity contribution is 0.0696. The van der Waals surface area contributed by atoms with Crippen molar-refractivity contribution in [1.29, 1.82) is 0 Å². The maximum Gasteiger partial charge on any atom is 0.336 e. The van der Waals surface area contributed by atoms with Crippen molar-refractivity contribution in [2.24, 2.45) is 0 Å². The summed E-state index contributed by atoms with van der Waals surface area (Å²) in [6.07, 6.45) is 1.96. The largest absolute Gasteiger partial charge is 0.478 e. The summed E-state index contributed by atoms with van der Waals surface area (Å²) in [5.74, 6) is -0.236. The highest BCUT2D eigenvalue weighted by molar-refractivity contribution is 9.10. The monoisotopic (exact) mass is 346 g/mol. The zero-order valence-corrected chi connectivity index (χ0v) is 13.0. The van der Waals surface area contributed by atoms with Crippen LogP contribution in [0.15, 0.2) is 22.7 Å². The molecular weight excluding hydrogens is 332 g/mol. The van der Waals surface area contributed by atoms with Crippen LogP contribution in [-0.4, -0.2) is 35.2 Å². The number of aromatic carboxylic acids is 1. The number of rotatable bonds is 5. The molecule has 0 spiro atoms. The highest BCUT2D eigenvalue weighted by Crippen LogP contribution is 2.21. The van der Waals surface area contributed by atoms with Crippen LogP contribution in [0.2, 0.25) is 0 Å². The molecule has 0 aromatic heterocycles. The molecule has 3 N–H and O–H groups in total. The van der Waals surface area contributed by atoms with Gasteiger partial charge in [0.2, 0.25) is 0 Å². The first-order valence-electron chi connectivity index (χ1n) is 5.53. The molecule has 0 saturated heterocycles. The van der Waals surface area contributed by atoms with Gasteiger partial charge in [0, 0.05) is 22.0 Å². The summed E-state index contributed by atoms with van der Waals surface area (Å²) in [6, 6.07) is 4.33. The molecule has 0 bridgehead atoms. The topological polar surface area (TPSA) is 78.4 Å². The SMILES string of the molecule is CSCC(C)NC(=O)Nc1ccc(Br)c(C(=O)O)c1. The Kier molecular flexibility index (Phi) is 6.17. The third-order valence-electron chi connectivity index (χ3n) is 2.25. The summed E-state index contributed by atoms with van der Waals surface area (Å²) >= 11 is 4.79. The minimum Gasteiger partial charge on any atom is -0.478 e. The van der Waals surface area contributed by atoms with Crippen LogP contribution in [0, 0.1) is 0 Å². The van der Waals surface area contributed by atoms with E-state index in [-0.39, 0.29) is 17.6 Å². The maximum absolute atomic E-state index is 11.7. The molecule has 5 nitrogen and oxygen atoms in total. The smallest absolute Gasteiger partial charge is 0.336 e. The van der Waals surface area contributed by atoms with Crippen molar-refractivity contribution >= 4 is 45.4 Å². The second-order valence-corrected chi connectivity index (χ2v) is 5.72. The van der Waals surface area contributed by atoms with Gasteiger partial charge >= 0.3 is 12.0 Å². The van der Waals surface area contributed by atoms with E-state index in [1.807, 2.05) is 13.2 Å². The molecular formula is C12H15BrN2O3S. The quantitative estimate of drug-likeness (QED) is 0.765. The summed E-state index contributed by atoms with van der Waals surface area (Å²) in [5.41, 5.74) is 0.546. The summed E-state index contributed by atoms with van der Waals surface area (Å²) in [7, 11) is 0. The first-order valence-corrected chi connectivity index (χ1v) is 7.72. The number of amides is 2. The van der Waals surface area contributed by atoms with E-state index in [2.05, 4.69) is 26.6 Å². The number of thioether (sulfide) groups is 1. The molecule has 1 aromatic carbocycles. The number of hydrogen-bond donors (Lipinski definition) is 3. The molecule has 1 aromatic rings. The van der Waals surface area contributed by atoms with Crippen molar-refractivity contribution in [1.82, 2.24) is 5.32 Å². The van der Waals surface area contributed by atoms with E-state index in [9.17, 15) is 9.59 Å². The van der Waals surface area contributed by atoms with Crippen LogP contribution in [0.4, 0.5) is 10.5 Å². The van der Waals surface area contributed by atoms with E-state index in [0.717, 1.165) is 5.75 Å². The molecule has 7 heteroatoms. The number of carboxylic acid groups (broad SMARTS) is 1. The number of halogens is 1. The first kappa shape index (κ1) is 15.8. The van der Waals surface area contributed by atoms with E-state index in [1.54, 1.807) is 23.9 Å². The van der Waals surface area contributed by atoms with E-state index in [4.69, 9.17) is 5.11 Å². The number of hydrogen-bond acceptors (Lipinski definition) is 3. The summed E-state index contributed by atoms with van der Waals surface area (Å²) in [5, 5.41) is 14.4. The van der Waals surface area contributed by atoms with Crippen molar-refractivity contribution < 1.29 is 14.7 Å². The molecule has 2 amide bonds. The van der Waals surface area contributed by atoms with Crippen LogP contribution >= 0.6 is 27.7 Å². The fraction of sp³-hybridized carbons (Fsp3) is 0.333. The molecule has 0 saturated carbocycles. The van der Waals surface area contributed by atoms with Crippen molar-refractivity contribution in [3.63, 3.8) is 0 Å². The first-order chi connectivity index (χ1) is 8.93. The lowest BCUT2D eigenvalue weighted by atomic mass is 10.2. The highest BCUT2D eigenvalue weighted by Gasteiger charge is 2.11. The number of urea groups is 1. The van der Waals surface area contributed by atoms with Gasteiger partial charge in [-0.1, -0.05) is 0 Å². The maximum atomic E-state index is 11.7. The van der Waals surface area contributed by atoms with E-state index < -0.39 is 5.97 Å². The fourth-order valence-electron chi connectivity index (χ4n) is 1.45. The Morgan fingerprint density at radius 2 is 2.16 bits per heavy atom. The molecule has 0 aliphatic heterocycles. The molecule has 1 rings (SSSR count). The van der Waals surface area contributed by atoms with Crippen LogP contribution in [0.25, 0.3) is 0 Å². The van der Waals surface area contributed by atoms with Gasteiger partial charge in [0.1, 0.15) is 0 Å². The van der Waals surface area contributed by atoms with Crippen LogP contribution in [0.5, 0.6) is 0 Å². The zero-order chi connectivity index (χ0) is 14.4. The molecule has 0 aliphatic rings. The third-order valence-corrected chi connectivity index (χ3v) is 3.77. The second kappa shape index (κ2) is 7.40. The zero-order valence-electron chi connectivity index (χ0n) is 10.6. The summed E-state index contributed by atoms with van der Waals surface area (Å²) < 4.78 is 0.474. The van der Waals surface area contributed by atoms with Crippen LogP contribution in [-0.2, 0) is 0 Å². The predicted molar refractivity (Wildman–Crippen MR) is 81.1 cm³/mol. The Morgan fingerprint density at radius 1 is 1.47 bits per heavy atom. The molecule has 0 fully saturated rings. The van der Waals surface area contributed by atoms with Gasteiger partial charge in [-0.05, 0) is 47.3 Å². The van der Waals surface area contributed by atoms with Gasteiger partial charge in [0.05, 0.1) is 5.56 Å². The molecule has 19 heavy (non-hydrogen) atoms. The van der Waals surface area contributed by atoms with E-state index in [1.165, 1.54) is 6.07 Å². The fourth-order valence-corrected chi connectivity index (χ4v) is 2.45. The van der Waals surface area contributed by atoms with E-state index in [0.29, 0.717) is 10.2 Å². The van der Waals surface area contributed by atoms with Crippen LogP contribution < -0.4 is 10.6 Å². The molecule has 0 heterocycles. The van der Waals surface area contributed by atoms with Gasteiger partial charge in [0.15, 0.2) is 0 Å². The average Bonchev–Trinajstić information content (AvgIpc) is 2.31. The Labute approximate surface area is 124 Å². The van der Waals surface area contributed by atoms with Gasteiger partial charge in [-0.3, -0.25) is 0 Å². The van der Waals surface area contributed by atoms with Crippen LogP contribution in [0.3, 0.4) is 0 Å². The Morgan fingerprint density at radius 3 is 2.74 bits per heavy atom. The number of anilines is 1. The average molecular weight is 347 g/mol. The van der Waals surface area contributed by atoms with Crippen molar-refractivity contribution in [3.05, 3.63) is 28.2 Å². The summed E-state index contributed by atoms with van der Waals surface area (Å²) in [6.45, 7) is 1.90. The number of carboxylic acids is 1. The lowest BCUT2D eigenvalue weighted by Gasteiger charge is -2.13. The minimum atomic E-state index is -1.05. The molecule has 1 unspecified atom stereocenters. The lowest BCUT2D eigenvalue weighted by Crippen LogP contribution is -2.37. The number of carbonyl (C=O) groups is 2. The van der Waals surface area contributed by atoms with Gasteiger partial charge in [-0.2, -0.15) is 11.8 Å². The molecule has 0 radical (unpaired) electrons. The van der Waals surface area contributed by atoms with Gasteiger partial charge in [-0.25, -0.2) is 9.59 Å². The molecule has 0 aliphatic carbocycles. The van der Waals surface area contributed by atoms with Gasteiger partial charge in [-0.15, -0.1) is 0 Å². The van der Waals surface area contributed by atoms with Crippen molar-refractivity contribution in [2.45, 2.75) is 13.0 Å². The Bertz CT molecular complexity index is 482. The van der Waals surface area contributed by atoms with E-state index >= 15 is 0 Å². The van der Waals surface area contributed by atoms with Crippen molar-refractivity contribution in [3.8, 4) is 0 Å². The normalized spacial score (nSPS) is 11.7. The summed E-state index contributed by atoms with van der Waals surface area (Å²) in [4.78, 5) is 22.6. The Hall–Kier alpha value is -1.21. The molecule has 1 atom stereocenters. The van der Waals surface area contributed by atoms with Crippen LogP contribution in [0.1, 0.15) is 17.3 Å². The second-order valence-electron chi connectivity index (χ2n) is 3.95. The number of benzene rings is 1. The standard InChI is InChI=1S/C12H15BrN2O3S/c1-7(6-19-2)14-12(18)15-8-3-4-10(13)9(5-8)11(16)17/h3-5,7H,6H2,1-2H3,(H,16,17)(H2,14,15,18). The van der Waals surface area contributed by atoms with Crippen molar-refractivity contribution in [2.75, 3.05) is 17.3 Å². The third kappa shape index (κ3) is 5.12. The highest BCUT2D eigenvalue weighted by atomic mass is 79.9. The Balaban J connectivity index is 2.69. The predicted octanol–water partition coefficient (Wildman–Crippen LogP) is 3.02.